The Kier molecular flexibility index (Phi) is 4.39. The van der Waals surface area contributed by atoms with Gasteiger partial charge in [-0.15, -0.1) is 0 Å². The van der Waals surface area contributed by atoms with Crippen LogP contribution in [0.2, 0.25) is 0 Å². The molecule has 0 spiro atoms. The van der Waals surface area contributed by atoms with Crippen LogP contribution in [0.15, 0.2) is 0 Å². The molecule has 1 heterocycles. The lowest BCUT2D eigenvalue weighted by atomic mass is 10.0. The van der Waals surface area contributed by atoms with E-state index in [9.17, 15) is 4.79 Å². The van der Waals surface area contributed by atoms with E-state index in [1.165, 1.54) is 25.9 Å². The third-order valence-corrected chi connectivity index (χ3v) is 2.88. The molecule has 1 saturated heterocycles. The molecule has 82 valence electrons. The highest BCUT2D eigenvalue weighted by Gasteiger charge is 2.16. The monoisotopic (exact) mass is 198 g/mol. The molecule has 1 unspecified atom stereocenters. The summed E-state index contributed by atoms with van der Waals surface area (Å²) in [5.74, 6) is 1.04. The van der Waals surface area contributed by atoms with Crippen molar-refractivity contribution in [2.45, 2.75) is 26.2 Å². The Morgan fingerprint density at radius 3 is 2.79 bits per heavy atom. The second-order valence-electron chi connectivity index (χ2n) is 4.59. The normalized spacial score (nSPS) is 23.5. The molecule has 1 amide bonds. The standard InChI is InChI=1S/C11H22N2O/c1-10-5-4-7-13(9-10)8-6-11(14)12(2)3/h10H,4-9H2,1-3H3. The molecule has 14 heavy (non-hydrogen) atoms. The van der Waals surface area contributed by atoms with Crippen molar-refractivity contribution < 1.29 is 4.79 Å². The van der Waals surface area contributed by atoms with Crippen LogP contribution >= 0.6 is 0 Å². The number of likely N-dealkylation sites (tertiary alicyclic amines) is 1. The molecule has 0 bridgehead atoms. The number of piperidine rings is 1. The van der Waals surface area contributed by atoms with Crippen LogP contribution < -0.4 is 0 Å². The minimum absolute atomic E-state index is 0.239. The van der Waals surface area contributed by atoms with Crippen molar-refractivity contribution in [2.75, 3.05) is 33.7 Å². The molecule has 1 rings (SSSR count). The topological polar surface area (TPSA) is 23.6 Å². The second-order valence-corrected chi connectivity index (χ2v) is 4.59. The van der Waals surface area contributed by atoms with Gasteiger partial charge in [0.15, 0.2) is 0 Å². The summed E-state index contributed by atoms with van der Waals surface area (Å²) < 4.78 is 0. The van der Waals surface area contributed by atoms with E-state index in [1.807, 2.05) is 14.1 Å². The van der Waals surface area contributed by atoms with Crippen molar-refractivity contribution in [3.63, 3.8) is 0 Å². The Morgan fingerprint density at radius 1 is 1.50 bits per heavy atom. The van der Waals surface area contributed by atoms with E-state index < -0.39 is 0 Å². The van der Waals surface area contributed by atoms with E-state index in [2.05, 4.69) is 11.8 Å². The van der Waals surface area contributed by atoms with Crippen LogP contribution in [-0.2, 0) is 4.79 Å². The number of carbonyl (C=O) groups excluding carboxylic acids is 1. The quantitative estimate of drug-likeness (QED) is 0.680. The summed E-state index contributed by atoms with van der Waals surface area (Å²) in [6.45, 7) is 5.56. The first-order chi connectivity index (χ1) is 6.59. The number of amides is 1. The molecule has 3 heteroatoms. The van der Waals surface area contributed by atoms with Crippen molar-refractivity contribution in [1.82, 2.24) is 9.80 Å². The predicted octanol–water partition coefficient (Wildman–Crippen LogP) is 1.20. The zero-order chi connectivity index (χ0) is 10.6. The van der Waals surface area contributed by atoms with E-state index in [4.69, 9.17) is 0 Å². The molecule has 1 aliphatic heterocycles. The second kappa shape index (κ2) is 5.35. The summed E-state index contributed by atoms with van der Waals surface area (Å²) in [6.07, 6.45) is 3.30. The number of hydrogen-bond donors (Lipinski definition) is 0. The Balaban J connectivity index is 2.20. The van der Waals surface area contributed by atoms with Gasteiger partial charge in [-0.2, -0.15) is 0 Å². The SMILES string of the molecule is CC1CCCN(CCC(=O)N(C)C)C1. The highest BCUT2D eigenvalue weighted by molar-refractivity contribution is 5.75. The van der Waals surface area contributed by atoms with Crippen LogP contribution in [0.5, 0.6) is 0 Å². The molecule has 3 nitrogen and oxygen atoms in total. The van der Waals surface area contributed by atoms with E-state index in [0.29, 0.717) is 6.42 Å². The smallest absolute Gasteiger partial charge is 0.223 e. The van der Waals surface area contributed by atoms with E-state index in [-0.39, 0.29) is 5.91 Å². The van der Waals surface area contributed by atoms with Gasteiger partial charge in [-0.1, -0.05) is 6.92 Å². The van der Waals surface area contributed by atoms with Gasteiger partial charge in [0, 0.05) is 33.6 Å². The molecule has 0 aliphatic carbocycles. The van der Waals surface area contributed by atoms with Gasteiger partial charge < -0.3 is 9.80 Å². The molecule has 0 aromatic heterocycles. The molecule has 0 saturated carbocycles. The fourth-order valence-corrected chi connectivity index (χ4v) is 1.97. The number of nitrogens with zero attached hydrogens (tertiary/aromatic N) is 2. The lowest BCUT2D eigenvalue weighted by molar-refractivity contribution is -0.129. The third-order valence-electron chi connectivity index (χ3n) is 2.88. The van der Waals surface area contributed by atoms with Gasteiger partial charge in [-0.25, -0.2) is 0 Å². The molecule has 0 radical (unpaired) electrons. The van der Waals surface area contributed by atoms with Crippen LogP contribution in [0.1, 0.15) is 26.2 Å². The highest BCUT2D eigenvalue weighted by Crippen LogP contribution is 2.15. The van der Waals surface area contributed by atoms with Gasteiger partial charge in [0.25, 0.3) is 0 Å². The van der Waals surface area contributed by atoms with Gasteiger partial charge >= 0.3 is 0 Å². The maximum absolute atomic E-state index is 11.4. The number of carbonyl (C=O) groups is 1. The molecule has 1 aliphatic rings. The Bertz CT molecular complexity index is 192. The first-order valence-corrected chi connectivity index (χ1v) is 5.52. The van der Waals surface area contributed by atoms with Crippen molar-refractivity contribution in [3.05, 3.63) is 0 Å². The first kappa shape index (κ1) is 11.5. The van der Waals surface area contributed by atoms with Crippen molar-refractivity contribution in [3.8, 4) is 0 Å². The van der Waals surface area contributed by atoms with Gasteiger partial charge in [-0.3, -0.25) is 4.79 Å². The van der Waals surface area contributed by atoms with Crippen LogP contribution in [0.3, 0.4) is 0 Å². The van der Waals surface area contributed by atoms with Crippen LogP contribution in [0, 0.1) is 5.92 Å². The predicted molar refractivity (Wildman–Crippen MR) is 58.1 cm³/mol. The molecule has 1 atom stereocenters. The Hall–Kier alpha value is -0.570. The largest absolute Gasteiger partial charge is 0.349 e. The Morgan fingerprint density at radius 2 is 2.21 bits per heavy atom. The van der Waals surface area contributed by atoms with E-state index in [1.54, 1.807) is 4.90 Å². The average molecular weight is 198 g/mol. The highest BCUT2D eigenvalue weighted by atomic mass is 16.2. The van der Waals surface area contributed by atoms with Crippen molar-refractivity contribution >= 4 is 5.91 Å². The summed E-state index contributed by atoms with van der Waals surface area (Å²) in [5.41, 5.74) is 0. The molecule has 0 aromatic rings. The first-order valence-electron chi connectivity index (χ1n) is 5.52. The van der Waals surface area contributed by atoms with Crippen molar-refractivity contribution in [1.29, 1.82) is 0 Å². The molecule has 0 aromatic carbocycles. The van der Waals surface area contributed by atoms with E-state index in [0.717, 1.165) is 12.5 Å². The van der Waals surface area contributed by atoms with Crippen LogP contribution in [0.25, 0.3) is 0 Å². The molecular formula is C11H22N2O. The summed E-state index contributed by atoms with van der Waals surface area (Å²) in [4.78, 5) is 15.5. The van der Waals surface area contributed by atoms with Gasteiger partial charge in [-0.05, 0) is 25.3 Å². The van der Waals surface area contributed by atoms with Gasteiger partial charge in [0.1, 0.15) is 0 Å². The molecule has 0 N–H and O–H groups in total. The molecule has 1 fully saturated rings. The minimum Gasteiger partial charge on any atom is -0.349 e. The lowest BCUT2D eigenvalue weighted by Gasteiger charge is -2.30. The zero-order valence-corrected chi connectivity index (χ0v) is 9.62. The summed E-state index contributed by atoms with van der Waals surface area (Å²) in [6, 6.07) is 0. The fraction of sp³-hybridized carbons (Fsp3) is 0.909. The summed E-state index contributed by atoms with van der Waals surface area (Å²) in [7, 11) is 3.64. The van der Waals surface area contributed by atoms with Gasteiger partial charge in [0.05, 0.1) is 0 Å². The molecular weight excluding hydrogens is 176 g/mol. The maximum Gasteiger partial charge on any atom is 0.223 e. The van der Waals surface area contributed by atoms with Crippen LogP contribution in [0.4, 0.5) is 0 Å². The average Bonchev–Trinajstić information content (AvgIpc) is 2.14. The fourth-order valence-electron chi connectivity index (χ4n) is 1.97. The van der Waals surface area contributed by atoms with Crippen molar-refractivity contribution in [2.24, 2.45) is 5.92 Å². The lowest BCUT2D eigenvalue weighted by Crippen LogP contribution is -2.37. The number of hydrogen-bond acceptors (Lipinski definition) is 2. The van der Waals surface area contributed by atoms with E-state index >= 15 is 0 Å². The summed E-state index contributed by atoms with van der Waals surface area (Å²) >= 11 is 0. The maximum atomic E-state index is 11.4. The third kappa shape index (κ3) is 3.66. The zero-order valence-electron chi connectivity index (χ0n) is 9.62. The van der Waals surface area contributed by atoms with Gasteiger partial charge in [0.2, 0.25) is 5.91 Å². The summed E-state index contributed by atoms with van der Waals surface area (Å²) in [5, 5.41) is 0. The van der Waals surface area contributed by atoms with Crippen LogP contribution in [-0.4, -0.2) is 49.4 Å². The number of rotatable bonds is 3. The minimum atomic E-state index is 0.239. The Labute approximate surface area is 87.1 Å².